The van der Waals surface area contributed by atoms with Crippen molar-refractivity contribution < 1.29 is 9.18 Å². The molecule has 0 saturated heterocycles. The van der Waals surface area contributed by atoms with Gasteiger partial charge in [0.2, 0.25) is 0 Å². The molecule has 0 aliphatic heterocycles. The summed E-state index contributed by atoms with van der Waals surface area (Å²) >= 11 is 3.09. The summed E-state index contributed by atoms with van der Waals surface area (Å²) in [6.07, 6.45) is 0. The topological polar surface area (TPSA) is 67.2 Å². The smallest absolute Gasteiger partial charge is 0.323 e. The summed E-state index contributed by atoms with van der Waals surface area (Å²) in [5.74, 6) is -0.435. The van der Waals surface area contributed by atoms with Crippen LogP contribution in [0.5, 0.6) is 0 Å². The number of hydrogen-bond donors (Lipinski definition) is 3. The zero-order valence-electron chi connectivity index (χ0n) is 10.7. The first-order chi connectivity index (χ1) is 9.45. The fourth-order valence-electron chi connectivity index (χ4n) is 1.68. The molecule has 0 spiro atoms. The molecule has 20 heavy (non-hydrogen) atoms. The number of nitrogens with one attached hydrogen (secondary N) is 2. The summed E-state index contributed by atoms with van der Waals surface area (Å²) in [5, 5.41) is 5.22. The molecule has 2 amide bonds. The molecular formula is C14H13BrFN3O. The molecule has 0 heterocycles. The van der Waals surface area contributed by atoms with Gasteiger partial charge < -0.3 is 16.4 Å². The lowest BCUT2D eigenvalue weighted by molar-refractivity contribution is 0.262. The maximum Gasteiger partial charge on any atom is 0.323 e. The molecule has 0 aromatic heterocycles. The van der Waals surface area contributed by atoms with Crippen LogP contribution in [0.1, 0.15) is 5.56 Å². The Morgan fingerprint density at radius 2 is 2.00 bits per heavy atom. The van der Waals surface area contributed by atoms with E-state index >= 15 is 0 Å². The highest BCUT2D eigenvalue weighted by molar-refractivity contribution is 9.10. The summed E-state index contributed by atoms with van der Waals surface area (Å²) in [4.78, 5) is 11.8. The van der Waals surface area contributed by atoms with Gasteiger partial charge in [0, 0.05) is 17.1 Å². The van der Waals surface area contributed by atoms with Crippen LogP contribution in [0.2, 0.25) is 0 Å². The molecule has 4 nitrogen and oxygen atoms in total. The van der Waals surface area contributed by atoms with Crippen LogP contribution in [0, 0.1) is 12.7 Å². The van der Waals surface area contributed by atoms with Crippen molar-refractivity contribution in [1.29, 1.82) is 0 Å². The number of nitrogen functional groups attached to an aromatic ring is 1. The minimum Gasteiger partial charge on any atom is -0.399 e. The number of urea groups is 1. The summed E-state index contributed by atoms with van der Waals surface area (Å²) in [7, 11) is 0. The quantitative estimate of drug-likeness (QED) is 0.721. The highest BCUT2D eigenvalue weighted by Crippen LogP contribution is 2.24. The Kier molecular flexibility index (Phi) is 4.24. The lowest BCUT2D eigenvalue weighted by atomic mass is 10.2. The third kappa shape index (κ3) is 3.48. The molecule has 6 heteroatoms. The van der Waals surface area contributed by atoms with Crippen molar-refractivity contribution in [2.75, 3.05) is 16.4 Å². The Balaban J connectivity index is 2.10. The van der Waals surface area contributed by atoms with E-state index in [2.05, 4.69) is 26.6 Å². The van der Waals surface area contributed by atoms with Gasteiger partial charge in [0.15, 0.2) is 0 Å². The van der Waals surface area contributed by atoms with Gasteiger partial charge in [0.25, 0.3) is 0 Å². The monoisotopic (exact) mass is 337 g/mol. The van der Waals surface area contributed by atoms with Crippen LogP contribution in [0.15, 0.2) is 40.9 Å². The van der Waals surface area contributed by atoms with Gasteiger partial charge in [-0.1, -0.05) is 6.07 Å². The van der Waals surface area contributed by atoms with Crippen molar-refractivity contribution >= 4 is 39.0 Å². The van der Waals surface area contributed by atoms with Crippen molar-refractivity contribution in [2.45, 2.75) is 6.92 Å². The molecular weight excluding hydrogens is 325 g/mol. The zero-order chi connectivity index (χ0) is 14.7. The Morgan fingerprint density at radius 3 is 2.70 bits per heavy atom. The second-order valence-corrected chi connectivity index (χ2v) is 5.14. The largest absolute Gasteiger partial charge is 0.399 e. The van der Waals surface area contributed by atoms with Crippen molar-refractivity contribution in [3.63, 3.8) is 0 Å². The van der Waals surface area contributed by atoms with Gasteiger partial charge in [0.1, 0.15) is 5.82 Å². The summed E-state index contributed by atoms with van der Waals surface area (Å²) in [6, 6.07) is 9.20. The molecule has 0 atom stereocenters. The normalized spacial score (nSPS) is 10.2. The third-order valence-electron chi connectivity index (χ3n) is 2.66. The molecule has 0 aliphatic rings. The molecule has 104 valence electrons. The van der Waals surface area contributed by atoms with Gasteiger partial charge in [0.05, 0.1) is 4.47 Å². The van der Waals surface area contributed by atoms with E-state index in [1.807, 2.05) is 0 Å². The minimum absolute atomic E-state index is 0.358. The number of carbonyl (C=O) groups excluding carboxylic acids is 1. The number of anilines is 3. The average molecular weight is 338 g/mol. The van der Waals surface area contributed by atoms with Crippen LogP contribution < -0.4 is 16.4 Å². The lowest BCUT2D eigenvalue weighted by Gasteiger charge is -2.11. The maximum absolute atomic E-state index is 13.5. The summed E-state index contributed by atoms with van der Waals surface area (Å²) < 4.78 is 13.8. The molecule has 4 N–H and O–H groups in total. The number of benzene rings is 2. The van der Waals surface area contributed by atoms with Gasteiger partial charge in [-0.15, -0.1) is 0 Å². The Morgan fingerprint density at radius 1 is 1.25 bits per heavy atom. The highest BCUT2D eigenvalue weighted by atomic mass is 79.9. The number of rotatable bonds is 2. The molecule has 0 unspecified atom stereocenters. The van der Waals surface area contributed by atoms with Crippen LogP contribution in [0.4, 0.5) is 26.2 Å². The summed E-state index contributed by atoms with van der Waals surface area (Å²) in [6.45, 7) is 1.78. The number of carbonyl (C=O) groups is 1. The Labute approximate surface area is 124 Å². The fraction of sp³-hybridized carbons (Fsp3) is 0.0714. The molecule has 2 aromatic rings. The molecule has 0 bridgehead atoms. The van der Waals surface area contributed by atoms with Gasteiger partial charge in [-0.3, -0.25) is 0 Å². The van der Waals surface area contributed by atoms with Crippen molar-refractivity contribution in [3.05, 3.63) is 52.3 Å². The molecule has 0 saturated carbocycles. The highest BCUT2D eigenvalue weighted by Gasteiger charge is 2.08. The summed E-state index contributed by atoms with van der Waals surface area (Å²) in [5.41, 5.74) is 7.90. The van der Waals surface area contributed by atoms with Crippen LogP contribution >= 0.6 is 15.9 Å². The van der Waals surface area contributed by atoms with Gasteiger partial charge >= 0.3 is 6.03 Å². The number of aryl methyl sites for hydroxylation is 1. The molecule has 0 radical (unpaired) electrons. The predicted molar refractivity (Wildman–Crippen MR) is 82.3 cm³/mol. The van der Waals surface area contributed by atoms with E-state index in [1.54, 1.807) is 37.3 Å². The number of halogens is 2. The first-order valence-corrected chi connectivity index (χ1v) is 6.64. The van der Waals surface area contributed by atoms with Crippen LogP contribution in [0.3, 0.4) is 0 Å². The maximum atomic E-state index is 13.5. The number of amides is 2. The van der Waals surface area contributed by atoms with Gasteiger partial charge in [-0.25, -0.2) is 9.18 Å². The zero-order valence-corrected chi connectivity index (χ0v) is 12.3. The first-order valence-electron chi connectivity index (χ1n) is 5.85. The SMILES string of the molecule is Cc1cc(Br)c(F)cc1NC(=O)Nc1cccc(N)c1. The van der Waals surface area contributed by atoms with E-state index in [0.717, 1.165) is 5.56 Å². The predicted octanol–water partition coefficient (Wildman–Crippen LogP) is 4.12. The Hall–Kier alpha value is -2.08. The van der Waals surface area contributed by atoms with Crippen LogP contribution in [-0.2, 0) is 0 Å². The standard InChI is InChI=1S/C14H13BrFN3O/c1-8-5-11(15)12(16)7-13(8)19-14(20)18-10-4-2-3-9(17)6-10/h2-7H,17H2,1H3,(H2,18,19,20). The van der Waals surface area contributed by atoms with Crippen molar-refractivity contribution in [3.8, 4) is 0 Å². The molecule has 0 fully saturated rings. The van der Waals surface area contributed by atoms with Crippen molar-refractivity contribution in [1.82, 2.24) is 0 Å². The van der Waals surface area contributed by atoms with E-state index in [-0.39, 0.29) is 0 Å². The fourth-order valence-corrected chi connectivity index (χ4v) is 2.14. The van der Waals surface area contributed by atoms with Crippen molar-refractivity contribution in [2.24, 2.45) is 0 Å². The van der Waals surface area contributed by atoms with Crippen LogP contribution in [0.25, 0.3) is 0 Å². The van der Waals surface area contributed by atoms with E-state index in [9.17, 15) is 9.18 Å². The second-order valence-electron chi connectivity index (χ2n) is 4.29. The first kappa shape index (κ1) is 14.3. The minimum atomic E-state index is -0.458. The van der Waals surface area contributed by atoms with E-state index in [0.29, 0.717) is 21.5 Å². The van der Waals surface area contributed by atoms with E-state index in [4.69, 9.17) is 5.73 Å². The lowest BCUT2D eigenvalue weighted by Crippen LogP contribution is -2.20. The number of nitrogens with two attached hydrogens (primary N) is 1. The second kappa shape index (κ2) is 5.92. The van der Waals surface area contributed by atoms with Gasteiger partial charge in [-0.2, -0.15) is 0 Å². The molecule has 2 rings (SSSR count). The average Bonchev–Trinajstić information content (AvgIpc) is 2.36. The third-order valence-corrected chi connectivity index (χ3v) is 3.27. The number of hydrogen-bond acceptors (Lipinski definition) is 2. The van der Waals surface area contributed by atoms with E-state index in [1.165, 1.54) is 6.07 Å². The van der Waals surface area contributed by atoms with Crippen LogP contribution in [-0.4, -0.2) is 6.03 Å². The molecule has 2 aromatic carbocycles. The van der Waals surface area contributed by atoms with E-state index < -0.39 is 11.8 Å². The Bertz CT molecular complexity index is 661. The molecule has 0 aliphatic carbocycles. The van der Waals surface area contributed by atoms with Gasteiger partial charge in [-0.05, 0) is 58.7 Å².